The Morgan fingerprint density at radius 1 is 1.32 bits per heavy atom. The Bertz CT molecular complexity index is 675. The number of rotatable bonds is 1. The molecule has 0 unspecified atom stereocenters. The second-order valence-corrected chi connectivity index (χ2v) is 5.97. The summed E-state index contributed by atoms with van der Waals surface area (Å²) in [6, 6.07) is 5.19. The quantitative estimate of drug-likeness (QED) is 0.441. The van der Waals surface area contributed by atoms with Crippen LogP contribution in [0.1, 0.15) is 31.9 Å². The first-order valence-corrected chi connectivity index (χ1v) is 6.34. The zero-order chi connectivity index (χ0) is 14.4. The van der Waals surface area contributed by atoms with Crippen LogP contribution < -0.4 is 0 Å². The third-order valence-corrected chi connectivity index (χ3v) is 3.46. The second kappa shape index (κ2) is 4.46. The largest absolute Gasteiger partial charge is 0.274 e. The molecule has 0 aliphatic heterocycles. The zero-order valence-electron chi connectivity index (χ0n) is 11.3. The molecule has 5 heteroatoms. The van der Waals surface area contributed by atoms with E-state index in [1.807, 2.05) is 6.07 Å². The van der Waals surface area contributed by atoms with Gasteiger partial charge in [0.05, 0.1) is 16.0 Å². The molecule has 1 heterocycles. The molecule has 100 valence electrons. The standard InChI is InChI=1S/C14H15ClN2O2/c1-8-11(17(18)19)6-5-9-7-10(14(2,3)4)13(15)16-12(8)9/h5-7H,1-4H3. The summed E-state index contributed by atoms with van der Waals surface area (Å²) in [7, 11) is 0. The Morgan fingerprint density at radius 3 is 2.47 bits per heavy atom. The van der Waals surface area contributed by atoms with E-state index in [9.17, 15) is 10.1 Å². The van der Waals surface area contributed by atoms with Crippen molar-refractivity contribution in [1.29, 1.82) is 0 Å². The average molecular weight is 279 g/mol. The fourth-order valence-corrected chi connectivity index (χ4v) is 2.50. The van der Waals surface area contributed by atoms with E-state index < -0.39 is 4.92 Å². The highest BCUT2D eigenvalue weighted by atomic mass is 35.5. The lowest BCUT2D eigenvalue weighted by atomic mass is 9.87. The number of hydrogen-bond acceptors (Lipinski definition) is 3. The summed E-state index contributed by atoms with van der Waals surface area (Å²) < 4.78 is 0. The maximum Gasteiger partial charge on any atom is 0.274 e. The Hall–Kier alpha value is -1.68. The normalized spacial score (nSPS) is 11.8. The predicted molar refractivity (Wildman–Crippen MR) is 76.8 cm³/mol. The summed E-state index contributed by atoms with van der Waals surface area (Å²) >= 11 is 6.21. The van der Waals surface area contributed by atoms with Crippen molar-refractivity contribution in [1.82, 2.24) is 4.98 Å². The molecule has 0 bridgehead atoms. The van der Waals surface area contributed by atoms with Crippen molar-refractivity contribution in [2.75, 3.05) is 0 Å². The molecule has 2 rings (SSSR count). The topological polar surface area (TPSA) is 56.0 Å². The first-order valence-electron chi connectivity index (χ1n) is 5.96. The Kier molecular flexibility index (Phi) is 3.22. The monoisotopic (exact) mass is 278 g/mol. The van der Waals surface area contributed by atoms with Crippen LogP contribution in [0.25, 0.3) is 10.9 Å². The summed E-state index contributed by atoms with van der Waals surface area (Å²) in [6.07, 6.45) is 0. The van der Waals surface area contributed by atoms with E-state index >= 15 is 0 Å². The van der Waals surface area contributed by atoms with Gasteiger partial charge in [0.15, 0.2) is 0 Å². The van der Waals surface area contributed by atoms with Crippen molar-refractivity contribution in [3.63, 3.8) is 0 Å². The molecule has 0 saturated carbocycles. The van der Waals surface area contributed by atoms with Crippen LogP contribution in [0.5, 0.6) is 0 Å². The van der Waals surface area contributed by atoms with Crippen LogP contribution in [0.3, 0.4) is 0 Å². The molecule has 0 aliphatic rings. The van der Waals surface area contributed by atoms with E-state index in [1.165, 1.54) is 6.07 Å². The van der Waals surface area contributed by atoms with Crippen LogP contribution in [0.15, 0.2) is 18.2 Å². The number of aryl methyl sites for hydroxylation is 1. The molecule has 19 heavy (non-hydrogen) atoms. The summed E-state index contributed by atoms with van der Waals surface area (Å²) in [4.78, 5) is 14.9. The molecule has 0 N–H and O–H groups in total. The predicted octanol–water partition coefficient (Wildman–Crippen LogP) is 4.40. The first kappa shape index (κ1) is 13.7. The number of aromatic nitrogens is 1. The van der Waals surface area contributed by atoms with Gasteiger partial charge in [0.2, 0.25) is 0 Å². The van der Waals surface area contributed by atoms with Gasteiger partial charge in [0, 0.05) is 11.5 Å². The highest BCUT2D eigenvalue weighted by Gasteiger charge is 2.21. The molecule has 2 aromatic rings. The van der Waals surface area contributed by atoms with Crippen molar-refractivity contribution < 1.29 is 4.92 Å². The zero-order valence-corrected chi connectivity index (χ0v) is 12.1. The maximum atomic E-state index is 10.9. The van der Waals surface area contributed by atoms with E-state index in [0.29, 0.717) is 16.2 Å². The third-order valence-electron chi connectivity index (χ3n) is 3.17. The lowest BCUT2D eigenvalue weighted by Crippen LogP contribution is -2.12. The van der Waals surface area contributed by atoms with Crippen molar-refractivity contribution in [3.05, 3.63) is 44.6 Å². The van der Waals surface area contributed by atoms with Crippen molar-refractivity contribution in [2.45, 2.75) is 33.1 Å². The minimum atomic E-state index is -0.401. The highest BCUT2D eigenvalue weighted by molar-refractivity contribution is 6.30. The van der Waals surface area contributed by atoms with Crippen LogP contribution in [-0.4, -0.2) is 9.91 Å². The molecule has 4 nitrogen and oxygen atoms in total. The smallest absolute Gasteiger partial charge is 0.258 e. The van der Waals surface area contributed by atoms with E-state index in [0.717, 1.165) is 10.9 Å². The van der Waals surface area contributed by atoms with Gasteiger partial charge in [-0.1, -0.05) is 32.4 Å². The van der Waals surface area contributed by atoms with Crippen LogP contribution >= 0.6 is 11.6 Å². The van der Waals surface area contributed by atoms with Gasteiger partial charge in [-0.2, -0.15) is 0 Å². The fraction of sp³-hybridized carbons (Fsp3) is 0.357. The molecule has 0 amide bonds. The molecule has 1 aromatic carbocycles. The van der Waals surface area contributed by atoms with Gasteiger partial charge < -0.3 is 0 Å². The average Bonchev–Trinajstić information content (AvgIpc) is 2.27. The van der Waals surface area contributed by atoms with Crippen molar-refractivity contribution >= 4 is 28.2 Å². The second-order valence-electron chi connectivity index (χ2n) is 5.62. The summed E-state index contributed by atoms with van der Waals surface area (Å²) in [5.74, 6) is 0. The lowest BCUT2D eigenvalue weighted by Gasteiger charge is -2.20. The molecule has 0 aliphatic carbocycles. The van der Waals surface area contributed by atoms with Crippen LogP contribution in [0, 0.1) is 17.0 Å². The molecule has 0 atom stereocenters. The minimum absolute atomic E-state index is 0.0691. The van der Waals surface area contributed by atoms with Crippen LogP contribution in [0.2, 0.25) is 5.15 Å². The van der Waals surface area contributed by atoms with Gasteiger partial charge in [-0.25, -0.2) is 4.98 Å². The van der Waals surface area contributed by atoms with Crippen molar-refractivity contribution in [3.8, 4) is 0 Å². The van der Waals surface area contributed by atoms with E-state index in [2.05, 4.69) is 25.8 Å². The fourth-order valence-electron chi connectivity index (χ4n) is 2.07. The third kappa shape index (κ3) is 2.40. The molecular formula is C14H15ClN2O2. The Balaban J connectivity index is 2.79. The van der Waals surface area contributed by atoms with E-state index in [-0.39, 0.29) is 11.1 Å². The molecule has 1 aromatic heterocycles. The number of nitro benzene ring substituents is 1. The minimum Gasteiger partial charge on any atom is -0.258 e. The number of halogens is 1. The van der Waals surface area contributed by atoms with Gasteiger partial charge in [-0.05, 0) is 30.0 Å². The number of benzene rings is 1. The number of nitrogens with zero attached hydrogens (tertiary/aromatic N) is 2. The lowest BCUT2D eigenvalue weighted by molar-refractivity contribution is -0.385. The van der Waals surface area contributed by atoms with Gasteiger partial charge >= 0.3 is 0 Å². The van der Waals surface area contributed by atoms with E-state index in [4.69, 9.17) is 11.6 Å². The van der Waals surface area contributed by atoms with Gasteiger partial charge in [0.25, 0.3) is 5.69 Å². The van der Waals surface area contributed by atoms with Crippen molar-refractivity contribution in [2.24, 2.45) is 0 Å². The number of pyridine rings is 1. The molecule has 0 saturated heterocycles. The maximum absolute atomic E-state index is 10.9. The molecule has 0 radical (unpaired) electrons. The molecule has 0 fully saturated rings. The van der Waals surface area contributed by atoms with E-state index in [1.54, 1.807) is 13.0 Å². The Morgan fingerprint density at radius 2 is 1.95 bits per heavy atom. The summed E-state index contributed by atoms with van der Waals surface area (Å²) in [5.41, 5.74) is 2.03. The SMILES string of the molecule is Cc1c([N+](=O)[O-])ccc2cc(C(C)(C)C)c(Cl)nc12. The summed E-state index contributed by atoms with van der Waals surface area (Å²) in [6.45, 7) is 7.86. The molecular weight excluding hydrogens is 264 g/mol. The summed E-state index contributed by atoms with van der Waals surface area (Å²) in [5, 5.41) is 12.2. The first-order chi connectivity index (χ1) is 8.71. The molecule has 0 spiro atoms. The van der Waals surface area contributed by atoms with Gasteiger partial charge in [0.1, 0.15) is 5.15 Å². The highest BCUT2D eigenvalue weighted by Crippen LogP contribution is 2.33. The van der Waals surface area contributed by atoms with Crippen LogP contribution in [-0.2, 0) is 5.41 Å². The Labute approximate surface area is 116 Å². The van der Waals surface area contributed by atoms with Gasteiger partial charge in [-0.3, -0.25) is 10.1 Å². The number of fused-ring (bicyclic) bond motifs is 1. The van der Waals surface area contributed by atoms with Crippen LogP contribution in [0.4, 0.5) is 5.69 Å². The number of nitro groups is 1. The number of hydrogen-bond donors (Lipinski definition) is 0. The van der Waals surface area contributed by atoms with Gasteiger partial charge in [-0.15, -0.1) is 0 Å².